The molecular formula is C11H22N2O3. The van der Waals surface area contributed by atoms with Gasteiger partial charge in [0.2, 0.25) is 5.91 Å². The lowest BCUT2D eigenvalue weighted by Crippen LogP contribution is -2.41. The second-order valence-electron chi connectivity index (χ2n) is 3.70. The number of unbranched alkanes of at least 4 members (excludes halogenated alkanes) is 1. The Bertz CT molecular complexity index is 219. The minimum atomic E-state index is -0.953. The number of carbonyl (C=O) groups excluding carboxylic acids is 1. The molecule has 16 heavy (non-hydrogen) atoms. The van der Waals surface area contributed by atoms with Gasteiger partial charge in [0, 0.05) is 13.0 Å². The van der Waals surface area contributed by atoms with Gasteiger partial charge in [0.15, 0.2) is 0 Å². The molecule has 0 aromatic rings. The fourth-order valence-electron chi connectivity index (χ4n) is 1.31. The molecule has 0 heterocycles. The maximum atomic E-state index is 11.4. The van der Waals surface area contributed by atoms with E-state index in [2.05, 4.69) is 10.6 Å². The number of amides is 1. The minimum Gasteiger partial charge on any atom is -0.480 e. The number of rotatable bonds is 9. The summed E-state index contributed by atoms with van der Waals surface area (Å²) < 4.78 is 0. The Morgan fingerprint density at radius 3 is 2.50 bits per heavy atom. The third kappa shape index (κ3) is 7.23. The Morgan fingerprint density at radius 1 is 1.31 bits per heavy atom. The van der Waals surface area contributed by atoms with Gasteiger partial charge in [0.1, 0.15) is 6.04 Å². The molecule has 0 radical (unpaired) electrons. The van der Waals surface area contributed by atoms with Crippen LogP contribution in [0.15, 0.2) is 0 Å². The van der Waals surface area contributed by atoms with Crippen LogP contribution in [0.5, 0.6) is 0 Å². The van der Waals surface area contributed by atoms with Crippen LogP contribution in [0.2, 0.25) is 0 Å². The second-order valence-corrected chi connectivity index (χ2v) is 3.70. The van der Waals surface area contributed by atoms with Crippen molar-refractivity contribution < 1.29 is 14.7 Å². The van der Waals surface area contributed by atoms with Gasteiger partial charge in [-0.2, -0.15) is 0 Å². The van der Waals surface area contributed by atoms with Crippen molar-refractivity contribution in [2.45, 2.75) is 45.6 Å². The van der Waals surface area contributed by atoms with Crippen molar-refractivity contribution in [1.82, 2.24) is 10.6 Å². The largest absolute Gasteiger partial charge is 0.480 e. The van der Waals surface area contributed by atoms with E-state index < -0.39 is 12.0 Å². The molecule has 0 unspecified atom stereocenters. The van der Waals surface area contributed by atoms with Gasteiger partial charge >= 0.3 is 5.97 Å². The molecular weight excluding hydrogens is 208 g/mol. The lowest BCUT2D eigenvalue weighted by Gasteiger charge is -2.13. The number of nitrogens with one attached hydrogen (secondary N) is 2. The van der Waals surface area contributed by atoms with Gasteiger partial charge in [-0.3, -0.25) is 4.79 Å². The smallest absolute Gasteiger partial charge is 0.326 e. The summed E-state index contributed by atoms with van der Waals surface area (Å²) in [5.74, 6) is -1.16. The highest BCUT2D eigenvalue weighted by atomic mass is 16.4. The zero-order chi connectivity index (χ0) is 12.4. The highest BCUT2D eigenvalue weighted by Gasteiger charge is 2.18. The Morgan fingerprint density at radius 2 is 2.00 bits per heavy atom. The number of aliphatic carboxylic acids is 1. The normalized spacial score (nSPS) is 12.1. The van der Waals surface area contributed by atoms with E-state index in [0.717, 1.165) is 19.4 Å². The highest BCUT2D eigenvalue weighted by molar-refractivity contribution is 5.83. The van der Waals surface area contributed by atoms with Crippen molar-refractivity contribution in [2.75, 3.05) is 13.1 Å². The standard InChI is InChI=1S/C11H22N2O3/c1-3-5-6-9(11(15)16)13-10(14)7-8-12-4-2/h9,12H,3-8H2,1-2H3,(H,13,14)(H,15,16)/t9-/m0/s1. The molecule has 0 rings (SSSR count). The summed E-state index contributed by atoms with van der Waals surface area (Å²) in [6, 6.07) is -0.742. The molecule has 5 heteroatoms. The number of hydrogen-bond acceptors (Lipinski definition) is 3. The molecule has 0 bridgehead atoms. The maximum Gasteiger partial charge on any atom is 0.326 e. The first-order valence-electron chi connectivity index (χ1n) is 5.84. The van der Waals surface area contributed by atoms with Crippen LogP contribution in [-0.4, -0.2) is 36.1 Å². The van der Waals surface area contributed by atoms with Crippen LogP contribution in [-0.2, 0) is 9.59 Å². The Labute approximate surface area is 96.6 Å². The van der Waals surface area contributed by atoms with E-state index in [4.69, 9.17) is 5.11 Å². The van der Waals surface area contributed by atoms with Crippen LogP contribution in [0.1, 0.15) is 39.5 Å². The van der Waals surface area contributed by atoms with E-state index in [1.807, 2.05) is 13.8 Å². The molecule has 0 spiro atoms. The SMILES string of the molecule is CCCC[C@H](NC(=O)CCNCC)C(=O)O. The van der Waals surface area contributed by atoms with Crippen molar-refractivity contribution >= 4 is 11.9 Å². The van der Waals surface area contributed by atoms with E-state index in [0.29, 0.717) is 19.4 Å². The Kier molecular flexibility index (Phi) is 8.52. The molecule has 5 nitrogen and oxygen atoms in total. The predicted octanol–water partition coefficient (Wildman–Crippen LogP) is 0.746. The molecule has 94 valence electrons. The average molecular weight is 230 g/mol. The third-order valence-electron chi connectivity index (χ3n) is 2.26. The van der Waals surface area contributed by atoms with Crippen LogP contribution in [0, 0.1) is 0 Å². The van der Waals surface area contributed by atoms with Crippen molar-refractivity contribution in [3.8, 4) is 0 Å². The van der Waals surface area contributed by atoms with E-state index in [9.17, 15) is 9.59 Å². The van der Waals surface area contributed by atoms with E-state index in [1.54, 1.807) is 0 Å². The number of hydrogen-bond donors (Lipinski definition) is 3. The molecule has 1 atom stereocenters. The Hall–Kier alpha value is -1.10. The number of carboxylic acids is 1. The lowest BCUT2D eigenvalue weighted by atomic mass is 10.1. The molecule has 0 aliphatic carbocycles. The van der Waals surface area contributed by atoms with Gasteiger partial charge in [-0.15, -0.1) is 0 Å². The average Bonchev–Trinajstić information content (AvgIpc) is 2.24. The molecule has 0 saturated carbocycles. The monoisotopic (exact) mass is 230 g/mol. The lowest BCUT2D eigenvalue weighted by molar-refractivity contribution is -0.142. The van der Waals surface area contributed by atoms with Gasteiger partial charge in [-0.25, -0.2) is 4.79 Å². The van der Waals surface area contributed by atoms with Gasteiger partial charge < -0.3 is 15.7 Å². The maximum absolute atomic E-state index is 11.4. The molecule has 0 saturated heterocycles. The van der Waals surface area contributed by atoms with Crippen LogP contribution in [0.4, 0.5) is 0 Å². The van der Waals surface area contributed by atoms with Crippen LogP contribution >= 0.6 is 0 Å². The molecule has 1 amide bonds. The number of carbonyl (C=O) groups is 2. The summed E-state index contributed by atoms with van der Waals surface area (Å²) in [6.07, 6.45) is 2.56. The summed E-state index contributed by atoms with van der Waals surface area (Å²) >= 11 is 0. The molecule has 0 fully saturated rings. The fourth-order valence-corrected chi connectivity index (χ4v) is 1.31. The van der Waals surface area contributed by atoms with Crippen LogP contribution < -0.4 is 10.6 Å². The molecule has 0 aromatic heterocycles. The highest BCUT2D eigenvalue weighted by Crippen LogP contribution is 2.01. The first kappa shape index (κ1) is 14.9. The Balaban J connectivity index is 3.88. The minimum absolute atomic E-state index is 0.204. The summed E-state index contributed by atoms with van der Waals surface area (Å²) in [5, 5.41) is 14.4. The van der Waals surface area contributed by atoms with Gasteiger partial charge in [-0.05, 0) is 13.0 Å². The summed E-state index contributed by atoms with van der Waals surface area (Å²) in [4.78, 5) is 22.2. The van der Waals surface area contributed by atoms with Crippen molar-refractivity contribution in [3.05, 3.63) is 0 Å². The number of carboxylic acid groups (broad SMARTS) is 1. The zero-order valence-electron chi connectivity index (χ0n) is 10.1. The zero-order valence-corrected chi connectivity index (χ0v) is 10.1. The van der Waals surface area contributed by atoms with Crippen molar-refractivity contribution in [3.63, 3.8) is 0 Å². The molecule has 0 aromatic carbocycles. The quantitative estimate of drug-likeness (QED) is 0.511. The van der Waals surface area contributed by atoms with Gasteiger partial charge in [0.25, 0.3) is 0 Å². The molecule has 0 aliphatic rings. The van der Waals surface area contributed by atoms with Gasteiger partial charge in [-0.1, -0.05) is 26.7 Å². The first-order valence-corrected chi connectivity index (χ1v) is 5.84. The summed E-state index contributed by atoms with van der Waals surface area (Å²) in [5.41, 5.74) is 0. The van der Waals surface area contributed by atoms with E-state index >= 15 is 0 Å². The van der Waals surface area contributed by atoms with Gasteiger partial charge in [0.05, 0.1) is 0 Å². The summed E-state index contributed by atoms with van der Waals surface area (Å²) in [6.45, 7) is 5.35. The first-order chi connectivity index (χ1) is 7.61. The third-order valence-corrected chi connectivity index (χ3v) is 2.26. The molecule has 3 N–H and O–H groups in total. The van der Waals surface area contributed by atoms with Crippen molar-refractivity contribution in [2.24, 2.45) is 0 Å². The second kappa shape index (κ2) is 9.15. The molecule has 0 aliphatic heterocycles. The fraction of sp³-hybridized carbons (Fsp3) is 0.818. The van der Waals surface area contributed by atoms with Crippen molar-refractivity contribution in [1.29, 1.82) is 0 Å². The topological polar surface area (TPSA) is 78.4 Å². The summed E-state index contributed by atoms with van der Waals surface area (Å²) in [7, 11) is 0. The van der Waals surface area contributed by atoms with Crippen LogP contribution in [0.3, 0.4) is 0 Å². The van der Waals surface area contributed by atoms with E-state index in [-0.39, 0.29) is 5.91 Å². The van der Waals surface area contributed by atoms with Crippen LogP contribution in [0.25, 0.3) is 0 Å². The predicted molar refractivity (Wildman–Crippen MR) is 62.3 cm³/mol. The van der Waals surface area contributed by atoms with E-state index in [1.165, 1.54) is 0 Å².